The van der Waals surface area contributed by atoms with Crippen molar-refractivity contribution >= 4 is 44.4 Å². The number of benzene rings is 5. The van der Waals surface area contributed by atoms with Crippen molar-refractivity contribution in [1.29, 1.82) is 15.8 Å². The molecule has 5 nitrogen and oxygen atoms in total. The predicted octanol–water partition coefficient (Wildman–Crippen LogP) is 10.6. The zero-order chi connectivity index (χ0) is 34.6. The summed E-state index contributed by atoms with van der Waals surface area (Å²) in [6.45, 7) is 2.23. The zero-order valence-electron chi connectivity index (χ0n) is 28.0. The minimum atomic E-state index is -0.173. The molecule has 0 radical (unpaired) electrons. The first-order valence-electron chi connectivity index (χ1n) is 17.3. The van der Waals surface area contributed by atoms with Gasteiger partial charge in [-0.2, -0.15) is 15.8 Å². The van der Waals surface area contributed by atoms with Gasteiger partial charge in [-0.1, -0.05) is 91.9 Å². The van der Waals surface area contributed by atoms with E-state index in [0.29, 0.717) is 17.5 Å². The average molecular weight is 654 g/mol. The quantitative estimate of drug-likeness (QED) is 0.190. The van der Waals surface area contributed by atoms with Crippen LogP contribution in [0.3, 0.4) is 0 Å². The molecule has 3 unspecified atom stereocenters. The maximum absolute atomic E-state index is 10.7. The van der Waals surface area contributed by atoms with Crippen molar-refractivity contribution in [2.45, 2.75) is 19.3 Å². The van der Waals surface area contributed by atoms with Crippen LogP contribution in [0.4, 0.5) is 0 Å². The van der Waals surface area contributed by atoms with Gasteiger partial charge in [0, 0.05) is 39.0 Å². The number of fused-ring (bicyclic) bond motifs is 6. The molecule has 5 aromatic carbocycles. The van der Waals surface area contributed by atoms with Crippen LogP contribution in [0.2, 0.25) is 0 Å². The van der Waals surface area contributed by atoms with E-state index in [1.165, 1.54) is 5.56 Å². The molecule has 51 heavy (non-hydrogen) atoms. The van der Waals surface area contributed by atoms with Gasteiger partial charge in [-0.25, -0.2) is 0 Å². The maximum Gasteiger partial charge on any atom is 0.0995 e. The van der Waals surface area contributed by atoms with Crippen LogP contribution in [-0.4, -0.2) is 9.13 Å². The summed E-state index contributed by atoms with van der Waals surface area (Å²) in [4.78, 5) is 0. The summed E-state index contributed by atoms with van der Waals surface area (Å²) in [5, 5.41) is 33.6. The molecular weight excluding hydrogens is 623 g/mol. The molecule has 2 aromatic heterocycles. The largest absolute Gasteiger partial charge is 0.309 e. The van der Waals surface area contributed by atoms with E-state index in [0.717, 1.165) is 66.5 Å². The predicted molar refractivity (Wildman–Crippen MR) is 204 cm³/mol. The van der Waals surface area contributed by atoms with Crippen LogP contribution < -0.4 is 0 Å². The second kappa shape index (κ2) is 11.9. The Morgan fingerprint density at radius 3 is 2.25 bits per heavy atom. The molecule has 0 saturated carbocycles. The molecule has 5 heteroatoms. The first kappa shape index (κ1) is 30.2. The van der Waals surface area contributed by atoms with Crippen molar-refractivity contribution < 1.29 is 0 Å². The lowest BCUT2D eigenvalue weighted by molar-refractivity contribution is 0.645. The summed E-state index contributed by atoms with van der Waals surface area (Å²) in [5.41, 5.74) is 11.8. The normalized spacial score (nSPS) is 17.9. The highest BCUT2D eigenvalue weighted by molar-refractivity contribution is 6.09. The maximum atomic E-state index is 10.7. The van der Waals surface area contributed by atoms with Crippen molar-refractivity contribution in [2.75, 3.05) is 0 Å². The fourth-order valence-corrected chi connectivity index (χ4v) is 8.40. The number of rotatable bonds is 4. The summed E-state index contributed by atoms with van der Waals surface area (Å²) in [5.74, 6) is -0.187. The highest BCUT2D eigenvalue weighted by Gasteiger charge is 2.32. The van der Waals surface area contributed by atoms with Gasteiger partial charge in [-0.15, -0.1) is 0 Å². The third-order valence-corrected chi connectivity index (χ3v) is 10.6. The van der Waals surface area contributed by atoms with Gasteiger partial charge < -0.3 is 9.13 Å². The molecule has 7 aromatic rings. The van der Waals surface area contributed by atoms with Crippen LogP contribution >= 0.6 is 0 Å². The van der Waals surface area contributed by atoms with Crippen molar-refractivity contribution in [3.05, 3.63) is 167 Å². The van der Waals surface area contributed by atoms with E-state index in [9.17, 15) is 15.8 Å². The Kier molecular flexibility index (Phi) is 7.06. The summed E-state index contributed by atoms with van der Waals surface area (Å²) in [7, 11) is 0. The van der Waals surface area contributed by atoms with Crippen molar-refractivity contribution in [1.82, 2.24) is 9.13 Å². The zero-order valence-corrected chi connectivity index (χ0v) is 28.0. The van der Waals surface area contributed by atoms with Gasteiger partial charge in [0.15, 0.2) is 0 Å². The third kappa shape index (κ3) is 4.66. The van der Waals surface area contributed by atoms with Crippen molar-refractivity contribution in [3.8, 4) is 29.6 Å². The van der Waals surface area contributed by atoms with Crippen LogP contribution in [-0.2, 0) is 6.42 Å². The SMILES string of the molecule is CC1C=CC=C(c2cccc(-n3c4ccccc4c4ccc(C#N)cc43)c2)C1c1c(C#N)cccc1-n1c2c(c3ccccc31)CC(C#N)C=C2. The first-order valence-corrected chi connectivity index (χ1v) is 17.3. The number of hydrogen-bond acceptors (Lipinski definition) is 3. The van der Waals surface area contributed by atoms with E-state index in [1.54, 1.807) is 0 Å². The Morgan fingerprint density at radius 1 is 0.686 bits per heavy atom. The number of hydrogen-bond donors (Lipinski definition) is 0. The van der Waals surface area contributed by atoms with Crippen LogP contribution in [0, 0.1) is 45.8 Å². The minimum Gasteiger partial charge on any atom is -0.309 e. The molecule has 0 N–H and O–H groups in total. The molecule has 2 heterocycles. The highest BCUT2D eigenvalue weighted by Crippen LogP contribution is 2.47. The first-order chi connectivity index (χ1) is 25.1. The second-order valence-corrected chi connectivity index (χ2v) is 13.5. The van der Waals surface area contributed by atoms with E-state index in [1.807, 2.05) is 36.4 Å². The van der Waals surface area contributed by atoms with E-state index >= 15 is 0 Å². The molecule has 0 amide bonds. The van der Waals surface area contributed by atoms with Gasteiger partial charge in [0.05, 0.1) is 57.5 Å². The van der Waals surface area contributed by atoms with Gasteiger partial charge >= 0.3 is 0 Å². The Hall–Kier alpha value is -6.87. The van der Waals surface area contributed by atoms with E-state index in [4.69, 9.17) is 0 Å². The van der Waals surface area contributed by atoms with E-state index in [2.05, 4.69) is 137 Å². The Morgan fingerprint density at radius 2 is 1.45 bits per heavy atom. The number of allylic oxidation sites excluding steroid dienone is 5. The monoisotopic (exact) mass is 653 g/mol. The molecule has 0 bridgehead atoms. The summed E-state index contributed by atoms with van der Waals surface area (Å²) in [6.07, 6.45) is 11.3. The van der Waals surface area contributed by atoms with Crippen molar-refractivity contribution in [3.63, 3.8) is 0 Å². The van der Waals surface area contributed by atoms with Crippen LogP contribution in [0.15, 0.2) is 133 Å². The molecule has 3 atom stereocenters. The van der Waals surface area contributed by atoms with Gasteiger partial charge in [0.25, 0.3) is 0 Å². The molecule has 0 spiro atoms. The number of para-hydroxylation sites is 2. The molecule has 2 aliphatic carbocycles. The molecule has 0 aliphatic heterocycles. The number of aromatic nitrogens is 2. The van der Waals surface area contributed by atoms with Gasteiger partial charge in [0.2, 0.25) is 0 Å². The topological polar surface area (TPSA) is 81.2 Å². The van der Waals surface area contributed by atoms with Gasteiger partial charge in [-0.3, -0.25) is 0 Å². The van der Waals surface area contributed by atoms with E-state index in [-0.39, 0.29) is 17.8 Å². The molecule has 9 rings (SSSR count). The lowest BCUT2D eigenvalue weighted by atomic mass is 9.74. The Balaban J connectivity index is 1.25. The second-order valence-electron chi connectivity index (χ2n) is 13.5. The number of nitrogens with zero attached hydrogens (tertiary/aromatic N) is 5. The van der Waals surface area contributed by atoms with Gasteiger partial charge in [0.1, 0.15) is 0 Å². The molecule has 2 aliphatic rings. The molecular formula is C46H31N5. The third-order valence-electron chi connectivity index (χ3n) is 10.6. The molecule has 0 fully saturated rings. The number of nitriles is 3. The van der Waals surface area contributed by atoms with E-state index < -0.39 is 0 Å². The lowest BCUT2D eigenvalue weighted by Crippen LogP contribution is -2.18. The smallest absolute Gasteiger partial charge is 0.0995 e. The lowest BCUT2D eigenvalue weighted by Gasteiger charge is -2.31. The minimum absolute atomic E-state index is 0.101. The molecule has 240 valence electrons. The summed E-state index contributed by atoms with van der Waals surface area (Å²) in [6, 6.07) is 44.7. The van der Waals surface area contributed by atoms with Crippen LogP contribution in [0.5, 0.6) is 0 Å². The Bertz CT molecular complexity index is 2800. The van der Waals surface area contributed by atoms with Crippen LogP contribution in [0.1, 0.15) is 46.4 Å². The van der Waals surface area contributed by atoms with Crippen molar-refractivity contribution in [2.24, 2.45) is 11.8 Å². The highest BCUT2D eigenvalue weighted by atomic mass is 15.0. The fourth-order valence-electron chi connectivity index (χ4n) is 8.40. The van der Waals surface area contributed by atoms with Crippen LogP contribution in [0.25, 0.3) is 55.7 Å². The van der Waals surface area contributed by atoms with Gasteiger partial charge in [-0.05, 0) is 83.6 Å². The average Bonchev–Trinajstić information content (AvgIpc) is 3.69. The molecule has 0 saturated heterocycles. The fraction of sp³-hybridized carbons (Fsp3) is 0.109. The standard InChI is InChI=1S/C46H31N5/c1-29-9-6-15-35(32-10-7-12-34(25-32)50-40-16-4-2-13-36(40)38-21-19-31(27-48)24-44(38)50)45(29)46-33(28-49)11-8-18-43(46)51-41-17-5-3-14-37(41)39-23-30(26-47)20-22-42(39)51/h2-22,24-25,29-30,45H,23H2,1H3. The summed E-state index contributed by atoms with van der Waals surface area (Å²) < 4.78 is 4.55. The Labute approximate surface area is 296 Å². The summed E-state index contributed by atoms with van der Waals surface area (Å²) >= 11 is 0.